The molecule has 3 amide bonds. The van der Waals surface area contributed by atoms with Crippen LogP contribution < -0.4 is 20.7 Å². The lowest BCUT2D eigenvalue weighted by molar-refractivity contribution is 0.0957. The van der Waals surface area contributed by atoms with Gasteiger partial charge in [0, 0.05) is 31.1 Å². The van der Waals surface area contributed by atoms with Crippen molar-refractivity contribution in [1.29, 1.82) is 0 Å². The zero-order valence-electron chi connectivity index (χ0n) is 17.4. The molecule has 3 aromatic rings. The molecule has 0 spiro atoms. The second-order valence-corrected chi connectivity index (χ2v) is 9.68. The van der Waals surface area contributed by atoms with Crippen LogP contribution in [-0.2, 0) is 0 Å². The van der Waals surface area contributed by atoms with Gasteiger partial charge >= 0.3 is 16.3 Å². The van der Waals surface area contributed by atoms with Gasteiger partial charge in [0.2, 0.25) is 0 Å². The van der Waals surface area contributed by atoms with Gasteiger partial charge in [0.05, 0.1) is 10.7 Å². The molecule has 0 atom stereocenters. The van der Waals surface area contributed by atoms with Crippen LogP contribution in [0, 0.1) is 5.82 Å². The Morgan fingerprint density at radius 1 is 0.943 bits per heavy atom. The zero-order valence-corrected chi connectivity index (χ0v) is 19.0. The van der Waals surface area contributed by atoms with E-state index in [2.05, 4.69) is 10.3 Å². The SMILES string of the molecule is CNC(=O)c1cc(Oc2ccc(NC(=O)Nc3ccc(Cl)c(S(F)(F)(F)(F)F)c3)c(F)c2)ccn1. The molecule has 0 radical (unpaired) electrons. The number of halogens is 7. The molecule has 0 bridgehead atoms. The van der Waals surface area contributed by atoms with Crippen molar-refractivity contribution < 1.29 is 38.1 Å². The van der Waals surface area contributed by atoms with E-state index in [4.69, 9.17) is 16.3 Å². The molecule has 0 aliphatic rings. The average Bonchev–Trinajstić information content (AvgIpc) is 2.75. The van der Waals surface area contributed by atoms with E-state index in [0.29, 0.717) is 6.07 Å². The van der Waals surface area contributed by atoms with Crippen LogP contribution in [0.4, 0.5) is 40.0 Å². The van der Waals surface area contributed by atoms with E-state index >= 15 is 0 Å². The number of carbonyl (C=O) groups excluding carboxylic acids is 2. The summed E-state index contributed by atoms with van der Waals surface area (Å²) < 4.78 is 85.4. The lowest BCUT2D eigenvalue weighted by Gasteiger charge is -2.41. The Balaban J connectivity index is 1.72. The van der Waals surface area contributed by atoms with Gasteiger partial charge in [-0.05, 0) is 36.4 Å². The van der Waals surface area contributed by atoms with Crippen molar-refractivity contribution in [2.24, 2.45) is 0 Å². The van der Waals surface area contributed by atoms with Crippen molar-refractivity contribution in [2.45, 2.75) is 4.90 Å². The van der Waals surface area contributed by atoms with E-state index < -0.39 is 49.3 Å². The van der Waals surface area contributed by atoms with Crippen molar-refractivity contribution in [1.82, 2.24) is 10.3 Å². The highest BCUT2D eigenvalue weighted by molar-refractivity contribution is 8.45. The molecule has 15 heteroatoms. The van der Waals surface area contributed by atoms with Crippen LogP contribution in [0.5, 0.6) is 11.5 Å². The normalized spacial score (nSPS) is 13.3. The molecular formula is C20H15ClF6N4O3S. The van der Waals surface area contributed by atoms with Gasteiger partial charge < -0.3 is 20.7 Å². The molecule has 0 aliphatic carbocycles. The van der Waals surface area contributed by atoms with E-state index in [1.807, 2.05) is 10.6 Å². The van der Waals surface area contributed by atoms with Crippen molar-refractivity contribution in [3.63, 3.8) is 0 Å². The van der Waals surface area contributed by atoms with Crippen LogP contribution in [-0.4, -0.2) is 24.0 Å². The quantitative estimate of drug-likeness (QED) is 0.285. The Labute approximate surface area is 199 Å². The first kappa shape index (κ1) is 26.0. The van der Waals surface area contributed by atoms with E-state index in [9.17, 15) is 33.4 Å². The molecule has 3 N–H and O–H groups in total. The van der Waals surface area contributed by atoms with E-state index in [1.54, 1.807) is 0 Å². The summed E-state index contributed by atoms with van der Waals surface area (Å²) in [4.78, 5) is 25.2. The smallest absolute Gasteiger partial charge is 0.323 e. The number of hydrogen-bond donors (Lipinski definition) is 3. The largest absolute Gasteiger partial charge is 0.457 e. The molecule has 1 aromatic heterocycles. The van der Waals surface area contributed by atoms with Crippen molar-refractivity contribution in [3.8, 4) is 11.5 Å². The molecule has 0 saturated heterocycles. The number of ether oxygens (including phenoxy) is 1. The number of benzene rings is 2. The van der Waals surface area contributed by atoms with Crippen LogP contribution in [0.3, 0.4) is 0 Å². The number of nitrogens with one attached hydrogen (secondary N) is 3. The third kappa shape index (κ3) is 6.70. The summed E-state index contributed by atoms with van der Waals surface area (Å²) >= 11 is 5.27. The fourth-order valence-corrected chi connectivity index (χ4v) is 4.03. The Kier molecular flexibility index (Phi) is 6.33. The number of nitrogens with zero attached hydrogens (tertiary/aromatic N) is 1. The summed E-state index contributed by atoms with van der Waals surface area (Å²) in [5.74, 6) is -1.30. The number of rotatable bonds is 6. The van der Waals surface area contributed by atoms with Gasteiger partial charge in [-0.15, -0.1) is 0 Å². The molecule has 0 saturated carbocycles. The number of anilines is 2. The molecule has 0 aliphatic heterocycles. The van der Waals surface area contributed by atoms with Gasteiger partial charge in [0.1, 0.15) is 27.9 Å². The minimum atomic E-state index is -10.1. The number of hydrogen-bond acceptors (Lipinski definition) is 4. The second kappa shape index (κ2) is 8.53. The van der Waals surface area contributed by atoms with Crippen LogP contribution in [0.25, 0.3) is 0 Å². The van der Waals surface area contributed by atoms with Crippen LogP contribution >= 0.6 is 21.8 Å². The second-order valence-electron chi connectivity index (χ2n) is 6.89. The Bertz CT molecular complexity index is 1330. The number of aromatic nitrogens is 1. The highest BCUT2D eigenvalue weighted by Crippen LogP contribution is 3.02. The molecule has 7 nitrogen and oxygen atoms in total. The maximum atomic E-state index is 14.4. The summed E-state index contributed by atoms with van der Waals surface area (Å²) in [6, 6.07) is 6.15. The summed E-state index contributed by atoms with van der Waals surface area (Å²) in [5.41, 5.74) is -0.992. The lowest BCUT2D eigenvalue weighted by atomic mass is 10.2. The summed E-state index contributed by atoms with van der Waals surface area (Å²) in [7, 11) is -8.71. The molecule has 188 valence electrons. The van der Waals surface area contributed by atoms with Crippen LogP contribution in [0.2, 0.25) is 5.02 Å². The Morgan fingerprint density at radius 3 is 2.26 bits per heavy atom. The Hall–Kier alpha value is -3.65. The van der Waals surface area contributed by atoms with Crippen LogP contribution in [0.15, 0.2) is 59.6 Å². The number of amides is 3. The summed E-state index contributed by atoms with van der Waals surface area (Å²) in [5, 5.41) is 5.08. The third-order valence-electron chi connectivity index (χ3n) is 4.22. The molecule has 1 heterocycles. The Morgan fingerprint density at radius 2 is 1.63 bits per heavy atom. The van der Waals surface area contributed by atoms with E-state index in [1.165, 1.54) is 31.4 Å². The minimum Gasteiger partial charge on any atom is -0.457 e. The molecule has 2 aromatic carbocycles. The topological polar surface area (TPSA) is 92.4 Å². The lowest BCUT2D eigenvalue weighted by Crippen LogP contribution is -2.20. The standard InChI is InChI=1S/C20H15ClF6N4O3S/c1-28-19(32)17-10-13(6-7-29-17)34-12-3-5-16(15(22)9-12)31-20(33)30-11-2-4-14(21)18(8-11)35(23,24,25,26)27/h2-10H,1H3,(H,28,32)(H2,30,31,33). The number of urea groups is 1. The molecule has 0 unspecified atom stereocenters. The molecule has 0 fully saturated rings. The van der Waals surface area contributed by atoms with E-state index in [0.717, 1.165) is 18.2 Å². The fraction of sp³-hybridized carbons (Fsp3) is 0.0500. The van der Waals surface area contributed by atoms with Gasteiger partial charge in [-0.3, -0.25) is 9.78 Å². The van der Waals surface area contributed by atoms with Gasteiger partial charge in [0.25, 0.3) is 5.91 Å². The van der Waals surface area contributed by atoms with Crippen LogP contribution in [0.1, 0.15) is 10.5 Å². The van der Waals surface area contributed by atoms with Gasteiger partial charge in [-0.1, -0.05) is 31.0 Å². The summed E-state index contributed by atoms with van der Waals surface area (Å²) in [6.45, 7) is 0. The van der Waals surface area contributed by atoms with Gasteiger partial charge in [-0.2, -0.15) is 0 Å². The van der Waals surface area contributed by atoms with Gasteiger partial charge in [-0.25, -0.2) is 9.18 Å². The molecule has 35 heavy (non-hydrogen) atoms. The maximum absolute atomic E-state index is 14.4. The first-order valence-electron chi connectivity index (χ1n) is 9.33. The zero-order chi connectivity index (χ0) is 26.1. The highest BCUT2D eigenvalue weighted by Gasteiger charge is 2.66. The van der Waals surface area contributed by atoms with Crippen molar-refractivity contribution in [2.75, 3.05) is 17.7 Å². The van der Waals surface area contributed by atoms with Gasteiger partial charge in [0.15, 0.2) is 0 Å². The fourth-order valence-electron chi connectivity index (χ4n) is 2.69. The minimum absolute atomic E-state index is 0.0132. The van der Waals surface area contributed by atoms with Crippen molar-refractivity contribution >= 4 is 45.1 Å². The van der Waals surface area contributed by atoms with E-state index in [-0.39, 0.29) is 23.3 Å². The summed E-state index contributed by atoms with van der Waals surface area (Å²) in [6.07, 6.45) is 1.30. The highest BCUT2D eigenvalue weighted by atomic mass is 35.5. The third-order valence-corrected chi connectivity index (χ3v) is 5.83. The first-order valence-corrected chi connectivity index (χ1v) is 11.7. The average molecular weight is 541 g/mol. The number of pyridine rings is 1. The molecular weight excluding hydrogens is 526 g/mol. The first-order chi connectivity index (χ1) is 16.1. The molecule has 3 rings (SSSR count). The predicted molar refractivity (Wildman–Crippen MR) is 120 cm³/mol. The predicted octanol–water partition coefficient (Wildman–Crippen LogP) is 7.33. The monoisotopic (exact) mass is 540 g/mol. The van der Waals surface area contributed by atoms with Crippen molar-refractivity contribution in [3.05, 3.63) is 71.3 Å². The maximum Gasteiger partial charge on any atom is 0.323 e. The number of carbonyl (C=O) groups is 2.